The van der Waals surface area contributed by atoms with Crippen LogP contribution in [0.4, 0.5) is 4.79 Å². The van der Waals surface area contributed by atoms with Crippen molar-refractivity contribution < 1.29 is 19.2 Å². The first-order chi connectivity index (χ1) is 9.24. The lowest BCUT2D eigenvalue weighted by molar-refractivity contribution is -0.115. The van der Waals surface area contributed by atoms with Crippen molar-refractivity contribution in [2.24, 2.45) is 0 Å². The van der Waals surface area contributed by atoms with Crippen molar-refractivity contribution >= 4 is 12.1 Å². The summed E-state index contributed by atoms with van der Waals surface area (Å²) in [6.07, 6.45) is 4.41. The molecule has 0 bridgehead atoms. The molecule has 1 N–H and O–H groups in total. The Morgan fingerprint density at radius 1 is 1.21 bits per heavy atom. The van der Waals surface area contributed by atoms with E-state index in [1.807, 2.05) is 30.3 Å². The highest BCUT2D eigenvalue weighted by atomic mass is 16.8. The Labute approximate surface area is 109 Å². The molecule has 0 radical (unpaired) electrons. The van der Waals surface area contributed by atoms with E-state index in [2.05, 4.69) is 5.32 Å². The van der Waals surface area contributed by atoms with E-state index in [0.29, 0.717) is 0 Å². The van der Waals surface area contributed by atoms with Crippen LogP contribution in [-0.2, 0) is 21.0 Å². The average Bonchev–Trinajstić information content (AvgIpc) is 2.63. The molecule has 6 heteroatoms. The van der Waals surface area contributed by atoms with Crippen molar-refractivity contribution in [2.75, 3.05) is 0 Å². The summed E-state index contributed by atoms with van der Waals surface area (Å²) >= 11 is 0. The number of rotatable bonds is 3. The summed E-state index contributed by atoms with van der Waals surface area (Å²) in [5.74, 6) is -0.306. The first kappa shape index (κ1) is 12.7. The smallest absolute Gasteiger partial charge is 0.428 e. The predicted octanol–water partition coefficient (Wildman–Crippen LogP) is 1.67. The van der Waals surface area contributed by atoms with Crippen molar-refractivity contribution in [1.29, 1.82) is 0 Å². The summed E-state index contributed by atoms with van der Waals surface area (Å²) in [6.45, 7) is 0.123. The van der Waals surface area contributed by atoms with Gasteiger partial charge in [-0.15, -0.1) is 0 Å². The number of hydroxylamine groups is 2. The van der Waals surface area contributed by atoms with Crippen LogP contribution < -0.4 is 5.32 Å². The number of hydrogen-bond donors (Lipinski definition) is 1. The highest BCUT2D eigenvalue weighted by molar-refractivity contribution is 5.88. The van der Waals surface area contributed by atoms with Gasteiger partial charge in [0.1, 0.15) is 6.61 Å². The van der Waals surface area contributed by atoms with Crippen molar-refractivity contribution in [2.45, 2.75) is 6.61 Å². The third-order valence-electron chi connectivity index (χ3n) is 2.20. The summed E-state index contributed by atoms with van der Waals surface area (Å²) in [7, 11) is 0. The van der Waals surface area contributed by atoms with Crippen LogP contribution in [0.5, 0.6) is 0 Å². The Morgan fingerprint density at radius 3 is 2.79 bits per heavy atom. The number of hydrogen-bond acceptors (Lipinski definition) is 5. The lowest BCUT2D eigenvalue weighted by Crippen LogP contribution is -2.17. The SMILES string of the molecule is O=C1C=CN(OC(=O)OCc2ccccc2)C=CN1. The van der Waals surface area contributed by atoms with E-state index in [1.54, 1.807) is 0 Å². The molecule has 1 aliphatic heterocycles. The fourth-order valence-corrected chi connectivity index (χ4v) is 1.32. The van der Waals surface area contributed by atoms with Gasteiger partial charge in [-0.05, 0) is 5.56 Å². The fourth-order valence-electron chi connectivity index (χ4n) is 1.32. The number of amides is 1. The molecule has 19 heavy (non-hydrogen) atoms. The lowest BCUT2D eigenvalue weighted by Gasteiger charge is -2.13. The van der Waals surface area contributed by atoms with Gasteiger partial charge >= 0.3 is 6.16 Å². The van der Waals surface area contributed by atoms with Gasteiger partial charge in [0.2, 0.25) is 5.91 Å². The second-order valence-corrected chi connectivity index (χ2v) is 3.62. The molecule has 0 atom stereocenters. The van der Waals surface area contributed by atoms with Gasteiger partial charge in [0.25, 0.3) is 0 Å². The molecule has 98 valence electrons. The maximum atomic E-state index is 11.4. The second kappa shape index (κ2) is 6.25. The van der Waals surface area contributed by atoms with Crippen LogP contribution in [0.2, 0.25) is 0 Å². The molecular weight excluding hydrogens is 248 g/mol. The number of carbonyl (C=O) groups excluding carboxylic acids is 2. The Kier molecular flexibility index (Phi) is 4.17. The molecule has 1 aromatic carbocycles. The molecule has 0 saturated heterocycles. The highest BCUT2D eigenvalue weighted by Crippen LogP contribution is 2.04. The van der Waals surface area contributed by atoms with Crippen LogP contribution in [0, 0.1) is 0 Å². The van der Waals surface area contributed by atoms with Crippen LogP contribution in [0.1, 0.15) is 5.56 Å². The average molecular weight is 260 g/mol. The van der Waals surface area contributed by atoms with Crippen LogP contribution in [0.25, 0.3) is 0 Å². The third kappa shape index (κ3) is 4.19. The summed E-state index contributed by atoms with van der Waals surface area (Å²) in [6, 6.07) is 9.24. The van der Waals surface area contributed by atoms with Crippen molar-refractivity contribution in [3.05, 3.63) is 60.6 Å². The predicted molar refractivity (Wildman–Crippen MR) is 66.0 cm³/mol. The first-order valence-electron chi connectivity index (χ1n) is 5.56. The van der Waals surface area contributed by atoms with E-state index in [4.69, 9.17) is 9.57 Å². The van der Waals surface area contributed by atoms with Crippen molar-refractivity contribution in [1.82, 2.24) is 10.4 Å². The summed E-state index contributed by atoms with van der Waals surface area (Å²) < 4.78 is 4.92. The van der Waals surface area contributed by atoms with E-state index in [9.17, 15) is 9.59 Å². The highest BCUT2D eigenvalue weighted by Gasteiger charge is 2.10. The van der Waals surface area contributed by atoms with Crippen LogP contribution in [0.15, 0.2) is 55.0 Å². The molecule has 0 aromatic heterocycles. The van der Waals surface area contributed by atoms with Crippen molar-refractivity contribution in [3.8, 4) is 0 Å². The standard InChI is InChI=1S/C13H12N2O4/c16-12-6-8-15(9-7-14-12)19-13(17)18-10-11-4-2-1-3-5-11/h1-9H,10H2,(H,14,16). The lowest BCUT2D eigenvalue weighted by atomic mass is 10.2. The van der Waals surface area contributed by atoms with Gasteiger partial charge in [-0.3, -0.25) is 4.79 Å². The monoisotopic (exact) mass is 260 g/mol. The normalized spacial score (nSPS) is 13.7. The molecule has 0 saturated carbocycles. The minimum Gasteiger partial charge on any atom is -0.428 e. The molecule has 1 aromatic rings. The minimum atomic E-state index is -0.854. The maximum Gasteiger partial charge on any atom is 0.534 e. The minimum absolute atomic E-state index is 0.123. The molecule has 2 rings (SSSR count). The van der Waals surface area contributed by atoms with Crippen molar-refractivity contribution in [3.63, 3.8) is 0 Å². The molecule has 0 aliphatic carbocycles. The molecule has 0 spiro atoms. The van der Waals surface area contributed by atoms with Gasteiger partial charge in [-0.2, -0.15) is 5.06 Å². The van der Waals surface area contributed by atoms with E-state index in [-0.39, 0.29) is 12.5 Å². The van der Waals surface area contributed by atoms with E-state index >= 15 is 0 Å². The Hall–Kier alpha value is -2.76. The molecule has 6 nitrogen and oxygen atoms in total. The fraction of sp³-hybridized carbons (Fsp3) is 0.0769. The first-order valence-corrected chi connectivity index (χ1v) is 5.56. The zero-order chi connectivity index (χ0) is 13.5. The quantitative estimate of drug-likeness (QED) is 0.837. The maximum absolute atomic E-state index is 11.4. The molecular formula is C13H12N2O4. The van der Waals surface area contributed by atoms with Crippen LogP contribution >= 0.6 is 0 Å². The van der Waals surface area contributed by atoms with Gasteiger partial charge in [-0.1, -0.05) is 30.3 Å². The molecule has 1 aliphatic rings. The number of nitrogens with one attached hydrogen (secondary N) is 1. The van der Waals surface area contributed by atoms with Crippen LogP contribution in [0.3, 0.4) is 0 Å². The zero-order valence-electron chi connectivity index (χ0n) is 9.98. The number of ether oxygens (including phenoxy) is 1. The Bertz CT molecular complexity index is 511. The van der Waals surface area contributed by atoms with Gasteiger partial charge in [0.05, 0.1) is 6.20 Å². The molecule has 1 heterocycles. The Balaban J connectivity index is 1.81. The number of carbonyl (C=O) groups is 2. The summed E-state index contributed by atoms with van der Waals surface area (Å²) in [5.41, 5.74) is 0.859. The third-order valence-corrected chi connectivity index (χ3v) is 2.20. The van der Waals surface area contributed by atoms with Crippen LogP contribution in [-0.4, -0.2) is 17.1 Å². The summed E-state index contributed by atoms with van der Waals surface area (Å²) in [5, 5.41) is 3.50. The van der Waals surface area contributed by atoms with E-state index in [0.717, 1.165) is 10.6 Å². The molecule has 1 amide bonds. The zero-order valence-corrected chi connectivity index (χ0v) is 9.98. The van der Waals surface area contributed by atoms with Gasteiger partial charge < -0.3 is 14.9 Å². The number of benzene rings is 1. The van der Waals surface area contributed by atoms with Gasteiger partial charge in [0, 0.05) is 18.5 Å². The van der Waals surface area contributed by atoms with Gasteiger partial charge in [-0.25, -0.2) is 4.79 Å². The second-order valence-electron chi connectivity index (χ2n) is 3.62. The molecule has 0 fully saturated rings. The van der Waals surface area contributed by atoms with E-state index < -0.39 is 6.16 Å². The Morgan fingerprint density at radius 2 is 2.00 bits per heavy atom. The number of nitrogens with zero attached hydrogens (tertiary/aromatic N) is 1. The summed E-state index contributed by atoms with van der Waals surface area (Å²) in [4.78, 5) is 27.2. The van der Waals surface area contributed by atoms with E-state index in [1.165, 1.54) is 24.7 Å². The molecule has 0 unspecified atom stereocenters. The largest absolute Gasteiger partial charge is 0.534 e. The topological polar surface area (TPSA) is 67.9 Å². The van der Waals surface area contributed by atoms with Gasteiger partial charge in [0.15, 0.2) is 0 Å².